The monoisotopic (exact) mass is 338 g/mol. The summed E-state index contributed by atoms with van der Waals surface area (Å²) >= 11 is 0. The molecule has 0 bridgehead atoms. The summed E-state index contributed by atoms with van der Waals surface area (Å²) < 4.78 is 5.24. The molecule has 2 aliphatic rings. The largest absolute Gasteiger partial charge is 0.497 e. The molecule has 0 spiro atoms. The lowest BCUT2D eigenvalue weighted by atomic mass is 9.63. The van der Waals surface area contributed by atoms with Gasteiger partial charge in [-0.25, -0.2) is 0 Å². The van der Waals surface area contributed by atoms with Crippen molar-refractivity contribution < 1.29 is 9.53 Å². The Labute approximate surface area is 145 Å². The standard InChI is InChI=1S/C18H26N2O2.ClH/c1-19-15-5-3-12-20(13-15)17(21)18(10-4-11-18)14-6-8-16(22-2)9-7-14;/h6-9,15,19H,3-5,10-13H2,1-2H3;1H. The Balaban J connectivity index is 0.00000192. The van der Waals surface area contributed by atoms with Gasteiger partial charge in [0.1, 0.15) is 5.75 Å². The van der Waals surface area contributed by atoms with Crippen molar-refractivity contribution in [2.75, 3.05) is 27.2 Å². The van der Waals surface area contributed by atoms with Crippen LogP contribution in [0, 0.1) is 0 Å². The number of nitrogens with zero attached hydrogens (tertiary/aromatic N) is 1. The van der Waals surface area contributed by atoms with E-state index in [1.54, 1.807) is 7.11 Å². The highest BCUT2D eigenvalue weighted by Gasteiger charge is 2.48. The van der Waals surface area contributed by atoms with Crippen LogP contribution in [0.15, 0.2) is 24.3 Å². The van der Waals surface area contributed by atoms with Gasteiger partial charge in [-0.3, -0.25) is 4.79 Å². The average molecular weight is 339 g/mol. The molecule has 2 fully saturated rings. The zero-order chi connectivity index (χ0) is 15.6. The normalized spacial score (nSPS) is 22.7. The van der Waals surface area contributed by atoms with E-state index in [9.17, 15) is 4.79 Å². The molecule has 1 aliphatic heterocycles. The number of hydrogen-bond acceptors (Lipinski definition) is 3. The summed E-state index contributed by atoms with van der Waals surface area (Å²) in [6.45, 7) is 1.74. The summed E-state index contributed by atoms with van der Waals surface area (Å²) in [6, 6.07) is 8.50. The number of rotatable bonds is 4. The van der Waals surface area contributed by atoms with Crippen LogP contribution in [0.5, 0.6) is 5.75 Å². The van der Waals surface area contributed by atoms with Crippen LogP contribution in [0.3, 0.4) is 0 Å². The molecule has 1 saturated carbocycles. The number of benzene rings is 1. The highest BCUT2D eigenvalue weighted by Crippen LogP contribution is 2.45. The minimum Gasteiger partial charge on any atom is -0.497 e. The number of piperidine rings is 1. The molecule has 1 amide bonds. The van der Waals surface area contributed by atoms with E-state index in [0.717, 1.165) is 56.5 Å². The Morgan fingerprint density at radius 3 is 2.48 bits per heavy atom. The van der Waals surface area contributed by atoms with Crippen molar-refractivity contribution in [1.82, 2.24) is 10.2 Å². The summed E-state index contributed by atoms with van der Waals surface area (Å²) in [5, 5.41) is 3.32. The molecule has 23 heavy (non-hydrogen) atoms. The minimum absolute atomic E-state index is 0. The van der Waals surface area contributed by atoms with Crippen LogP contribution in [0.4, 0.5) is 0 Å². The lowest BCUT2D eigenvalue weighted by Gasteiger charge is -2.46. The Morgan fingerprint density at radius 1 is 1.26 bits per heavy atom. The van der Waals surface area contributed by atoms with Crippen molar-refractivity contribution in [2.45, 2.75) is 43.6 Å². The molecule has 5 heteroatoms. The fourth-order valence-corrected chi connectivity index (χ4v) is 3.77. The lowest BCUT2D eigenvalue weighted by Crippen LogP contribution is -2.55. The van der Waals surface area contributed by atoms with Gasteiger partial charge < -0.3 is 15.0 Å². The topological polar surface area (TPSA) is 41.6 Å². The number of carbonyl (C=O) groups is 1. The number of likely N-dealkylation sites (N-methyl/N-ethyl adjacent to an activating group) is 1. The van der Waals surface area contributed by atoms with Gasteiger partial charge in [-0.1, -0.05) is 18.6 Å². The van der Waals surface area contributed by atoms with Gasteiger partial charge >= 0.3 is 0 Å². The molecule has 1 atom stereocenters. The zero-order valence-electron chi connectivity index (χ0n) is 14.0. The second-order valence-electron chi connectivity index (χ2n) is 6.54. The van der Waals surface area contributed by atoms with Gasteiger partial charge in [-0.2, -0.15) is 0 Å². The maximum atomic E-state index is 13.2. The van der Waals surface area contributed by atoms with E-state index in [0.29, 0.717) is 11.9 Å². The first-order valence-electron chi connectivity index (χ1n) is 8.31. The third-order valence-electron chi connectivity index (χ3n) is 5.38. The molecule has 1 N–H and O–H groups in total. The predicted octanol–water partition coefficient (Wildman–Crippen LogP) is 2.75. The van der Waals surface area contributed by atoms with E-state index < -0.39 is 0 Å². The van der Waals surface area contributed by atoms with Crippen LogP contribution in [0.1, 0.15) is 37.7 Å². The molecule has 1 aromatic carbocycles. The quantitative estimate of drug-likeness (QED) is 0.917. The first-order valence-corrected chi connectivity index (χ1v) is 8.31. The van der Waals surface area contributed by atoms with Gasteiger partial charge in [0.2, 0.25) is 5.91 Å². The molecule has 128 valence electrons. The Morgan fingerprint density at radius 2 is 1.96 bits per heavy atom. The average Bonchev–Trinajstić information content (AvgIpc) is 2.54. The third-order valence-corrected chi connectivity index (χ3v) is 5.38. The fraction of sp³-hybridized carbons (Fsp3) is 0.611. The van der Waals surface area contributed by atoms with Gasteiger partial charge in [-0.05, 0) is 50.4 Å². The number of methoxy groups -OCH3 is 1. The van der Waals surface area contributed by atoms with Gasteiger partial charge in [0.25, 0.3) is 0 Å². The summed E-state index contributed by atoms with van der Waals surface area (Å²) in [5.74, 6) is 1.17. The minimum atomic E-state index is -0.290. The van der Waals surface area contributed by atoms with Crippen LogP contribution >= 0.6 is 12.4 Å². The maximum Gasteiger partial charge on any atom is 0.233 e. The van der Waals surface area contributed by atoms with E-state index in [1.165, 1.54) is 0 Å². The first kappa shape index (κ1) is 18.1. The van der Waals surface area contributed by atoms with Crippen molar-refractivity contribution in [3.8, 4) is 5.75 Å². The number of nitrogens with one attached hydrogen (secondary N) is 1. The van der Waals surface area contributed by atoms with Crippen molar-refractivity contribution in [2.24, 2.45) is 0 Å². The molecule has 0 aromatic heterocycles. The molecule has 1 aromatic rings. The number of carbonyl (C=O) groups excluding carboxylic acids is 1. The number of amides is 1. The summed E-state index contributed by atoms with van der Waals surface area (Å²) in [6.07, 6.45) is 5.34. The van der Waals surface area contributed by atoms with Gasteiger partial charge in [0.05, 0.1) is 12.5 Å². The molecule has 0 radical (unpaired) electrons. The van der Waals surface area contributed by atoms with Gasteiger partial charge in [0, 0.05) is 19.1 Å². The molecule has 1 saturated heterocycles. The van der Waals surface area contributed by atoms with Crippen LogP contribution < -0.4 is 10.1 Å². The van der Waals surface area contributed by atoms with Crippen LogP contribution in [0.25, 0.3) is 0 Å². The maximum absolute atomic E-state index is 13.2. The third kappa shape index (κ3) is 3.33. The predicted molar refractivity (Wildman–Crippen MR) is 94.4 cm³/mol. The molecule has 1 unspecified atom stereocenters. The van der Waals surface area contributed by atoms with Gasteiger partial charge in [0.15, 0.2) is 0 Å². The summed E-state index contributed by atoms with van der Waals surface area (Å²) in [4.78, 5) is 15.3. The van der Waals surface area contributed by atoms with E-state index in [1.807, 2.05) is 19.2 Å². The van der Waals surface area contributed by atoms with E-state index in [4.69, 9.17) is 4.74 Å². The number of hydrogen-bond donors (Lipinski definition) is 1. The Kier molecular flexibility index (Phi) is 5.93. The first-order chi connectivity index (χ1) is 10.7. The molecule has 4 nitrogen and oxygen atoms in total. The lowest BCUT2D eigenvalue weighted by molar-refractivity contribution is -0.142. The summed E-state index contributed by atoms with van der Waals surface area (Å²) in [7, 11) is 3.66. The van der Waals surface area contributed by atoms with Crippen LogP contribution in [-0.2, 0) is 10.2 Å². The molecule has 1 heterocycles. The second kappa shape index (κ2) is 7.54. The Hall–Kier alpha value is -1.26. The number of ether oxygens (including phenoxy) is 1. The molecule has 1 aliphatic carbocycles. The highest BCUT2D eigenvalue weighted by atomic mass is 35.5. The fourth-order valence-electron chi connectivity index (χ4n) is 3.77. The van der Waals surface area contributed by atoms with Crippen LogP contribution in [0.2, 0.25) is 0 Å². The molecular weight excluding hydrogens is 312 g/mol. The second-order valence-corrected chi connectivity index (χ2v) is 6.54. The number of halogens is 1. The smallest absolute Gasteiger partial charge is 0.233 e. The summed E-state index contributed by atoms with van der Waals surface area (Å²) in [5.41, 5.74) is 0.859. The highest BCUT2D eigenvalue weighted by molar-refractivity contribution is 5.89. The van der Waals surface area contributed by atoms with Crippen molar-refractivity contribution in [3.05, 3.63) is 29.8 Å². The van der Waals surface area contributed by atoms with E-state index >= 15 is 0 Å². The molecule has 3 rings (SSSR count). The van der Waals surface area contributed by atoms with E-state index in [2.05, 4.69) is 22.3 Å². The molecular formula is C18H27ClN2O2. The van der Waals surface area contributed by atoms with E-state index in [-0.39, 0.29) is 17.8 Å². The SMILES string of the molecule is CNC1CCCN(C(=O)C2(c3ccc(OC)cc3)CCC2)C1.Cl. The Bertz CT molecular complexity index is 528. The van der Waals surface area contributed by atoms with Gasteiger partial charge in [-0.15, -0.1) is 12.4 Å². The van der Waals surface area contributed by atoms with Crippen molar-refractivity contribution in [1.29, 1.82) is 0 Å². The number of likely N-dealkylation sites (tertiary alicyclic amines) is 1. The van der Waals surface area contributed by atoms with Crippen molar-refractivity contribution >= 4 is 18.3 Å². The van der Waals surface area contributed by atoms with Crippen LogP contribution in [-0.4, -0.2) is 44.1 Å². The van der Waals surface area contributed by atoms with Crippen molar-refractivity contribution in [3.63, 3.8) is 0 Å². The zero-order valence-corrected chi connectivity index (χ0v) is 14.8.